The van der Waals surface area contributed by atoms with Crippen LogP contribution in [0.3, 0.4) is 0 Å². The SMILES string of the molecule is CC(=O)OC1(C)C2OC21. The van der Waals surface area contributed by atoms with E-state index in [-0.39, 0.29) is 23.8 Å². The lowest BCUT2D eigenvalue weighted by atomic mass is 10.3. The predicted octanol–water partition coefficient (Wildman–Crippen LogP) is 0.0892. The molecule has 0 amide bonds. The number of carbonyl (C=O) groups excluding carboxylic acids is 1. The maximum Gasteiger partial charge on any atom is 0.303 e. The van der Waals surface area contributed by atoms with Crippen LogP contribution >= 0.6 is 0 Å². The molecular weight excluding hydrogens is 120 g/mol. The van der Waals surface area contributed by atoms with Gasteiger partial charge in [0.15, 0.2) is 5.60 Å². The Morgan fingerprint density at radius 3 is 2.33 bits per heavy atom. The van der Waals surface area contributed by atoms with Gasteiger partial charge in [0, 0.05) is 6.92 Å². The van der Waals surface area contributed by atoms with E-state index in [0.717, 1.165) is 0 Å². The van der Waals surface area contributed by atoms with Crippen molar-refractivity contribution in [2.24, 2.45) is 0 Å². The summed E-state index contributed by atoms with van der Waals surface area (Å²) in [6.07, 6.45) is 0.447. The third kappa shape index (κ3) is 0.525. The lowest BCUT2D eigenvalue weighted by Crippen LogP contribution is -2.25. The van der Waals surface area contributed by atoms with Gasteiger partial charge in [-0.05, 0) is 6.92 Å². The highest BCUT2D eigenvalue weighted by molar-refractivity contribution is 5.67. The zero-order valence-corrected chi connectivity index (χ0v) is 5.38. The van der Waals surface area contributed by atoms with Gasteiger partial charge in [0.05, 0.1) is 0 Å². The molecule has 0 aromatic carbocycles. The van der Waals surface area contributed by atoms with E-state index >= 15 is 0 Å². The first-order chi connectivity index (χ1) is 4.14. The predicted molar refractivity (Wildman–Crippen MR) is 28.8 cm³/mol. The zero-order chi connectivity index (χ0) is 6.65. The maximum atomic E-state index is 10.4. The Bertz CT molecular complexity index is 167. The standard InChI is InChI=1S/C6H8O3/c1-3(7)9-6(2)4-5(6)8-4/h4-5H,1-2H3. The summed E-state index contributed by atoms with van der Waals surface area (Å²) in [5.41, 5.74) is -0.244. The third-order valence-corrected chi connectivity index (χ3v) is 1.88. The van der Waals surface area contributed by atoms with Crippen molar-refractivity contribution in [1.82, 2.24) is 0 Å². The van der Waals surface area contributed by atoms with Crippen molar-refractivity contribution in [3.05, 3.63) is 0 Å². The van der Waals surface area contributed by atoms with Gasteiger partial charge in [0.2, 0.25) is 0 Å². The molecule has 0 aromatic heterocycles. The van der Waals surface area contributed by atoms with Gasteiger partial charge in [-0.25, -0.2) is 0 Å². The fraction of sp³-hybridized carbons (Fsp3) is 0.833. The van der Waals surface area contributed by atoms with Gasteiger partial charge in [-0.3, -0.25) is 4.79 Å². The van der Waals surface area contributed by atoms with E-state index in [1.807, 2.05) is 6.92 Å². The molecule has 1 aliphatic carbocycles. The molecule has 2 unspecified atom stereocenters. The Morgan fingerprint density at radius 1 is 1.67 bits per heavy atom. The molecule has 9 heavy (non-hydrogen) atoms. The number of hydrogen-bond acceptors (Lipinski definition) is 3. The smallest absolute Gasteiger partial charge is 0.303 e. The minimum Gasteiger partial charge on any atom is -0.454 e. The Balaban J connectivity index is 1.94. The lowest BCUT2D eigenvalue weighted by molar-refractivity contribution is -0.156. The topological polar surface area (TPSA) is 38.8 Å². The van der Waals surface area contributed by atoms with Crippen LogP contribution in [0.15, 0.2) is 0 Å². The molecule has 50 valence electrons. The number of rotatable bonds is 1. The molecule has 3 heteroatoms. The Hall–Kier alpha value is -0.570. The lowest BCUT2D eigenvalue weighted by Gasteiger charge is -2.14. The van der Waals surface area contributed by atoms with E-state index in [0.29, 0.717) is 0 Å². The molecular formula is C6H8O3. The number of esters is 1. The molecule has 1 aliphatic heterocycles. The van der Waals surface area contributed by atoms with Gasteiger partial charge in [-0.2, -0.15) is 0 Å². The first-order valence-corrected chi connectivity index (χ1v) is 2.99. The summed E-state index contributed by atoms with van der Waals surface area (Å²) in [6.45, 7) is 3.32. The van der Waals surface area contributed by atoms with Gasteiger partial charge >= 0.3 is 5.97 Å². The molecule has 2 fully saturated rings. The molecule has 0 radical (unpaired) electrons. The van der Waals surface area contributed by atoms with E-state index in [2.05, 4.69) is 0 Å². The molecule has 2 atom stereocenters. The van der Waals surface area contributed by atoms with Gasteiger partial charge in [0.25, 0.3) is 0 Å². The summed E-state index contributed by atoms with van der Waals surface area (Å²) in [4.78, 5) is 10.4. The van der Waals surface area contributed by atoms with Crippen LogP contribution in [-0.4, -0.2) is 23.8 Å². The van der Waals surface area contributed by atoms with Gasteiger partial charge in [-0.1, -0.05) is 0 Å². The molecule has 1 saturated carbocycles. The van der Waals surface area contributed by atoms with Crippen LogP contribution < -0.4 is 0 Å². The summed E-state index contributed by atoms with van der Waals surface area (Å²) < 4.78 is 9.89. The molecule has 2 aliphatic rings. The van der Waals surface area contributed by atoms with Gasteiger partial charge < -0.3 is 9.47 Å². The number of epoxide rings is 1. The van der Waals surface area contributed by atoms with Gasteiger partial charge in [-0.15, -0.1) is 0 Å². The fourth-order valence-electron chi connectivity index (χ4n) is 1.15. The highest BCUT2D eigenvalue weighted by Crippen LogP contribution is 2.59. The highest BCUT2D eigenvalue weighted by atomic mass is 16.7. The highest BCUT2D eigenvalue weighted by Gasteiger charge is 2.81. The van der Waals surface area contributed by atoms with Crippen molar-refractivity contribution < 1.29 is 14.3 Å². The number of hydrogen-bond donors (Lipinski definition) is 0. The molecule has 1 heterocycles. The summed E-state index contributed by atoms with van der Waals surface area (Å²) in [5.74, 6) is -0.215. The van der Waals surface area contributed by atoms with E-state index in [9.17, 15) is 4.79 Å². The van der Waals surface area contributed by atoms with Crippen molar-refractivity contribution in [3.63, 3.8) is 0 Å². The van der Waals surface area contributed by atoms with E-state index in [4.69, 9.17) is 9.47 Å². The monoisotopic (exact) mass is 128 g/mol. The Morgan fingerprint density at radius 2 is 2.22 bits per heavy atom. The Kier molecular flexibility index (Phi) is 0.662. The molecule has 0 N–H and O–H groups in total. The summed E-state index contributed by atoms with van der Waals surface area (Å²) >= 11 is 0. The van der Waals surface area contributed by atoms with Crippen molar-refractivity contribution in [3.8, 4) is 0 Å². The zero-order valence-electron chi connectivity index (χ0n) is 5.38. The van der Waals surface area contributed by atoms with Crippen molar-refractivity contribution >= 4 is 5.97 Å². The van der Waals surface area contributed by atoms with E-state index in [1.54, 1.807) is 0 Å². The second-order valence-electron chi connectivity index (χ2n) is 2.75. The fourth-order valence-corrected chi connectivity index (χ4v) is 1.15. The van der Waals surface area contributed by atoms with Crippen LogP contribution in [-0.2, 0) is 14.3 Å². The molecule has 2 rings (SSSR count). The average molecular weight is 128 g/mol. The largest absolute Gasteiger partial charge is 0.454 e. The van der Waals surface area contributed by atoms with E-state index < -0.39 is 0 Å². The minimum absolute atomic E-state index is 0.215. The van der Waals surface area contributed by atoms with Crippen molar-refractivity contribution in [2.45, 2.75) is 31.7 Å². The van der Waals surface area contributed by atoms with Crippen molar-refractivity contribution in [2.75, 3.05) is 0 Å². The maximum absolute atomic E-state index is 10.4. The van der Waals surface area contributed by atoms with Crippen LogP contribution in [0, 0.1) is 0 Å². The number of fused-ring (bicyclic) bond motifs is 1. The molecule has 0 bridgehead atoms. The van der Waals surface area contributed by atoms with Crippen LogP contribution in [0.25, 0.3) is 0 Å². The first kappa shape index (κ1) is 5.23. The second-order valence-corrected chi connectivity index (χ2v) is 2.75. The molecule has 0 spiro atoms. The summed E-state index contributed by atoms with van der Waals surface area (Å²) in [7, 11) is 0. The van der Waals surface area contributed by atoms with Crippen LogP contribution in [0.4, 0.5) is 0 Å². The van der Waals surface area contributed by atoms with E-state index in [1.165, 1.54) is 6.92 Å². The van der Waals surface area contributed by atoms with Crippen LogP contribution in [0.1, 0.15) is 13.8 Å². The second kappa shape index (κ2) is 1.14. The molecule has 1 saturated heterocycles. The summed E-state index contributed by atoms with van der Waals surface area (Å²) in [5, 5.41) is 0. The molecule has 0 aromatic rings. The number of ether oxygens (including phenoxy) is 2. The van der Waals surface area contributed by atoms with Crippen LogP contribution in [0.2, 0.25) is 0 Å². The van der Waals surface area contributed by atoms with Gasteiger partial charge in [0.1, 0.15) is 12.2 Å². The quantitative estimate of drug-likeness (QED) is 0.371. The molecule has 3 nitrogen and oxygen atoms in total. The average Bonchev–Trinajstić information content (AvgIpc) is 2.46. The normalized spacial score (nSPS) is 51.8. The Labute approximate surface area is 52.9 Å². The number of carbonyl (C=O) groups is 1. The first-order valence-electron chi connectivity index (χ1n) is 2.99. The van der Waals surface area contributed by atoms with Crippen LogP contribution in [0.5, 0.6) is 0 Å². The third-order valence-electron chi connectivity index (χ3n) is 1.88. The van der Waals surface area contributed by atoms with Crippen molar-refractivity contribution in [1.29, 1.82) is 0 Å². The summed E-state index contributed by atoms with van der Waals surface area (Å²) in [6, 6.07) is 0. The minimum atomic E-state index is -0.244.